The van der Waals surface area contributed by atoms with Crippen molar-refractivity contribution in [3.8, 4) is 5.75 Å². The monoisotopic (exact) mass is 427 g/mol. The molecule has 6 N–H and O–H groups in total. The summed E-state index contributed by atoms with van der Waals surface area (Å²) in [6.45, 7) is 1.71. The molecule has 1 aromatic rings. The smallest absolute Gasteiger partial charge is 0.255 e. The lowest BCUT2D eigenvalue weighted by atomic mass is 9.62. The summed E-state index contributed by atoms with van der Waals surface area (Å²) in [4.78, 5) is 45.3. The highest BCUT2D eigenvalue weighted by Crippen LogP contribution is 2.51. The summed E-state index contributed by atoms with van der Waals surface area (Å²) in [6, 6.07) is 1.83. The van der Waals surface area contributed by atoms with Crippen LogP contribution in [0, 0.1) is 24.7 Å². The minimum Gasteiger partial charge on any atom is -0.511 e. The molecule has 0 saturated carbocycles. The minimum absolute atomic E-state index is 0.0135. The van der Waals surface area contributed by atoms with E-state index in [0.717, 1.165) is 11.3 Å². The number of aliphatic hydroxyl groups excluding tert-OH is 1. The number of rotatable bonds is 3. The van der Waals surface area contributed by atoms with Crippen molar-refractivity contribution in [2.75, 3.05) is 19.0 Å². The number of phenolic OH excluding ortho intramolecular Hbond substituents is 1. The Bertz CT molecular complexity index is 1100. The lowest BCUT2D eigenvalue weighted by Crippen LogP contribution is -2.44. The molecule has 3 unspecified atom stereocenters. The fraction of sp³-hybridized carbons (Fsp3) is 0.409. The number of Topliss-reactive ketones (excluding diaryl/α,β-unsaturated/α-hetero) is 2. The molecule has 164 valence electrons. The number of fused-ring (bicyclic) bond motifs is 3. The van der Waals surface area contributed by atoms with E-state index in [1.165, 1.54) is 0 Å². The van der Waals surface area contributed by atoms with Gasteiger partial charge in [0.05, 0.1) is 11.5 Å². The predicted molar refractivity (Wildman–Crippen MR) is 111 cm³/mol. The van der Waals surface area contributed by atoms with Crippen molar-refractivity contribution < 1.29 is 29.4 Å². The first-order valence-corrected chi connectivity index (χ1v) is 10.0. The molecular weight excluding hydrogens is 402 g/mol. The number of phenols is 1. The molecule has 0 fully saturated rings. The quantitative estimate of drug-likeness (QED) is 0.414. The van der Waals surface area contributed by atoms with E-state index in [0.29, 0.717) is 18.4 Å². The molecule has 9 heteroatoms. The van der Waals surface area contributed by atoms with Gasteiger partial charge in [-0.3, -0.25) is 14.4 Å². The van der Waals surface area contributed by atoms with Crippen molar-refractivity contribution in [1.29, 1.82) is 0 Å². The van der Waals surface area contributed by atoms with Crippen LogP contribution in [0.5, 0.6) is 5.75 Å². The van der Waals surface area contributed by atoms with Crippen molar-refractivity contribution in [3.05, 3.63) is 45.4 Å². The van der Waals surface area contributed by atoms with Gasteiger partial charge < -0.3 is 25.7 Å². The summed E-state index contributed by atoms with van der Waals surface area (Å²) in [5.41, 5.74) is 7.33. The molecule has 3 aliphatic rings. The summed E-state index contributed by atoms with van der Waals surface area (Å²) >= 11 is 0. The van der Waals surface area contributed by atoms with E-state index in [9.17, 15) is 24.6 Å². The number of benzene rings is 1. The van der Waals surface area contributed by atoms with Crippen LogP contribution in [-0.4, -0.2) is 41.8 Å². The number of carbonyl (C=O) groups excluding carboxylic acids is 3. The first-order valence-electron chi connectivity index (χ1n) is 10.0. The van der Waals surface area contributed by atoms with Crippen LogP contribution in [0.25, 0.3) is 0 Å². The SMILES string of the molecule is Cc1cc(N(C)C)c2c(c1O)C(=O)C1=C(ON)C3C(=O)C(C(N)=O)=C(O)CC3CC1C2. The van der Waals surface area contributed by atoms with Crippen molar-refractivity contribution in [2.24, 2.45) is 29.4 Å². The molecule has 1 aromatic carbocycles. The minimum atomic E-state index is -1.03. The largest absolute Gasteiger partial charge is 0.511 e. The highest BCUT2D eigenvalue weighted by Gasteiger charge is 2.51. The van der Waals surface area contributed by atoms with Gasteiger partial charge in [0.2, 0.25) is 0 Å². The van der Waals surface area contributed by atoms with Crippen LogP contribution in [0.4, 0.5) is 5.69 Å². The molecule has 0 radical (unpaired) electrons. The highest BCUT2D eigenvalue weighted by atomic mass is 16.6. The number of anilines is 1. The second-order valence-electron chi connectivity index (χ2n) is 8.66. The molecule has 9 nitrogen and oxygen atoms in total. The lowest BCUT2D eigenvalue weighted by Gasteiger charge is -2.42. The molecule has 0 heterocycles. The van der Waals surface area contributed by atoms with E-state index in [2.05, 4.69) is 0 Å². The standard InChI is InChI=1S/C22H25N3O6/c1-8-4-12(25(2)3)11-6-9-5-10-7-13(26)17(22(23)30)20(29)15(10)21(31-24)14(9)19(28)16(11)18(8)27/h4,9-10,15,26-27H,5-7,24H2,1-3H3,(H2,23,30). The van der Waals surface area contributed by atoms with Crippen molar-refractivity contribution >= 4 is 23.2 Å². The number of aryl methyl sites for hydroxylation is 1. The van der Waals surface area contributed by atoms with Gasteiger partial charge in [0.1, 0.15) is 22.8 Å². The topological polar surface area (TPSA) is 156 Å². The average molecular weight is 427 g/mol. The predicted octanol–water partition coefficient (Wildman–Crippen LogP) is 1.17. The van der Waals surface area contributed by atoms with Crippen molar-refractivity contribution in [1.82, 2.24) is 0 Å². The molecule has 3 atom stereocenters. The van der Waals surface area contributed by atoms with Gasteiger partial charge in [0, 0.05) is 31.8 Å². The van der Waals surface area contributed by atoms with Gasteiger partial charge in [-0.2, -0.15) is 5.90 Å². The number of carbonyl (C=O) groups is 3. The first-order chi connectivity index (χ1) is 14.6. The summed E-state index contributed by atoms with van der Waals surface area (Å²) in [7, 11) is 3.72. The second-order valence-corrected chi connectivity index (χ2v) is 8.66. The molecule has 0 saturated heterocycles. The summed E-state index contributed by atoms with van der Waals surface area (Å²) in [6.07, 6.45) is 0.919. The second kappa shape index (κ2) is 7.12. The van der Waals surface area contributed by atoms with Gasteiger partial charge in [-0.15, -0.1) is 0 Å². The zero-order valence-electron chi connectivity index (χ0n) is 17.6. The number of hydrogen-bond acceptors (Lipinski definition) is 8. The lowest BCUT2D eigenvalue weighted by molar-refractivity contribution is -0.126. The summed E-state index contributed by atoms with van der Waals surface area (Å²) in [5, 5.41) is 21.0. The molecule has 0 spiro atoms. The van der Waals surface area contributed by atoms with Crippen LogP contribution >= 0.6 is 0 Å². The maximum atomic E-state index is 13.6. The molecule has 3 aliphatic carbocycles. The zero-order valence-corrected chi connectivity index (χ0v) is 17.6. The number of amides is 1. The maximum absolute atomic E-state index is 13.6. The third-order valence-electron chi connectivity index (χ3n) is 6.64. The van der Waals surface area contributed by atoms with E-state index in [1.807, 2.05) is 25.1 Å². The number of ketones is 2. The van der Waals surface area contributed by atoms with E-state index in [-0.39, 0.29) is 46.7 Å². The molecule has 4 rings (SSSR count). The molecule has 31 heavy (non-hydrogen) atoms. The number of nitrogens with two attached hydrogens (primary N) is 2. The molecule has 0 aliphatic heterocycles. The number of aromatic hydroxyl groups is 1. The van der Waals surface area contributed by atoms with Crippen LogP contribution in [0.15, 0.2) is 28.7 Å². The third kappa shape index (κ3) is 2.91. The van der Waals surface area contributed by atoms with Gasteiger partial charge in [0.25, 0.3) is 5.91 Å². The summed E-state index contributed by atoms with van der Waals surface area (Å²) < 4.78 is 0. The number of allylic oxidation sites excluding steroid dienone is 3. The first kappa shape index (κ1) is 20.9. The van der Waals surface area contributed by atoms with E-state index < -0.39 is 29.0 Å². The van der Waals surface area contributed by atoms with Gasteiger partial charge in [-0.25, -0.2) is 0 Å². The van der Waals surface area contributed by atoms with E-state index in [4.69, 9.17) is 16.5 Å². The van der Waals surface area contributed by atoms with Gasteiger partial charge >= 0.3 is 0 Å². The van der Waals surface area contributed by atoms with E-state index >= 15 is 0 Å². The highest BCUT2D eigenvalue weighted by molar-refractivity contribution is 6.22. The number of aliphatic hydroxyl groups is 1. The number of primary amides is 1. The molecule has 1 amide bonds. The van der Waals surface area contributed by atoms with Gasteiger partial charge in [-0.1, -0.05) is 0 Å². The fourth-order valence-corrected chi connectivity index (χ4v) is 5.33. The van der Waals surface area contributed by atoms with E-state index in [1.54, 1.807) is 6.92 Å². The van der Waals surface area contributed by atoms with Crippen LogP contribution in [0.1, 0.15) is 34.3 Å². The Morgan fingerprint density at radius 1 is 1.23 bits per heavy atom. The normalized spacial score (nSPS) is 25.1. The van der Waals surface area contributed by atoms with Gasteiger partial charge in [-0.05, 0) is 48.8 Å². The van der Waals surface area contributed by atoms with Crippen LogP contribution in [0.3, 0.4) is 0 Å². The zero-order chi connectivity index (χ0) is 22.8. The third-order valence-corrected chi connectivity index (χ3v) is 6.64. The van der Waals surface area contributed by atoms with Crippen LogP contribution in [0.2, 0.25) is 0 Å². The Balaban J connectivity index is 1.92. The van der Waals surface area contributed by atoms with Crippen molar-refractivity contribution in [2.45, 2.75) is 26.2 Å². The Labute approximate surface area is 178 Å². The van der Waals surface area contributed by atoms with Crippen LogP contribution in [-0.2, 0) is 20.8 Å². The average Bonchev–Trinajstić information content (AvgIpc) is 2.68. The molecular formula is C22H25N3O6. The Kier molecular flexibility index (Phi) is 4.81. The van der Waals surface area contributed by atoms with Crippen LogP contribution < -0.4 is 16.5 Å². The molecule has 0 bridgehead atoms. The molecule has 0 aromatic heterocycles. The van der Waals surface area contributed by atoms with Gasteiger partial charge in [0.15, 0.2) is 11.6 Å². The number of nitrogens with zero attached hydrogens (tertiary/aromatic N) is 1. The summed E-state index contributed by atoms with van der Waals surface area (Å²) in [5.74, 6) is 1.21. The maximum Gasteiger partial charge on any atom is 0.255 e. The van der Waals surface area contributed by atoms with Crippen molar-refractivity contribution in [3.63, 3.8) is 0 Å². The fourth-order valence-electron chi connectivity index (χ4n) is 5.33. The Hall–Kier alpha value is -3.33. The number of hydrogen-bond donors (Lipinski definition) is 4. The Morgan fingerprint density at radius 3 is 2.48 bits per heavy atom. The Morgan fingerprint density at radius 2 is 1.90 bits per heavy atom.